The number of rotatable bonds is 6. The number of aromatic nitrogens is 3. The van der Waals surface area contributed by atoms with Crippen LogP contribution in [0.25, 0.3) is 11.4 Å². The number of anilines is 3. The molecular formula is C20H23N5O3. The fourth-order valence-corrected chi connectivity index (χ4v) is 3.26. The van der Waals surface area contributed by atoms with E-state index in [2.05, 4.69) is 25.3 Å². The average Bonchev–Trinajstić information content (AvgIpc) is 3.23. The van der Waals surface area contributed by atoms with Crippen LogP contribution in [0.5, 0.6) is 11.5 Å². The lowest BCUT2D eigenvalue weighted by Crippen LogP contribution is -2.29. The van der Waals surface area contributed by atoms with Gasteiger partial charge in [-0.2, -0.15) is 4.98 Å². The van der Waals surface area contributed by atoms with Gasteiger partial charge in [0.05, 0.1) is 26.1 Å². The standard InChI is InChI=1S/C20H23N5O3/c1-26-16-8-6-14(12-17(16)27-2)19-23-20(28-24-19)22-15-7-9-18(21-13-15)25-10-4-3-5-11-25/h6-9,12-13H,3-5,10-11H2,1-2H3,(H,22,23,24). The minimum atomic E-state index is 0.303. The van der Waals surface area contributed by atoms with Gasteiger partial charge in [-0.25, -0.2) is 4.98 Å². The van der Waals surface area contributed by atoms with Crippen molar-refractivity contribution in [2.24, 2.45) is 0 Å². The first-order valence-corrected chi connectivity index (χ1v) is 9.31. The molecule has 0 radical (unpaired) electrons. The highest BCUT2D eigenvalue weighted by Gasteiger charge is 2.14. The van der Waals surface area contributed by atoms with E-state index in [1.807, 2.05) is 24.3 Å². The van der Waals surface area contributed by atoms with Crippen LogP contribution in [0.1, 0.15) is 19.3 Å². The van der Waals surface area contributed by atoms with Crippen LogP contribution in [0.15, 0.2) is 41.1 Å². The van der Waals surface area contributed by atoms with Gasteiger partial charge >= 0.3 is 6.01 Å². The Kier molecular flexibility index (Phi) is 5.27. The van der Waals surface area contributed by atoms with Crippen molar-refractivity contribution in [2.45, 2.75) is 19.3 Å². The van der Waals surface area contributed by atoms with Gasteiger partial charge in [0.2, 0.25) is 5.82 Å². The van der Waals surface area contributed by atoms with Crippen molar-refractivity contribution in [1.29, 1.82) is 0 Å². The summed E-state index contributed by atoms with van der Waals surface area (Å²) in [4.78, 5) is 11.3. The quantitative estimate of drug-likeness (QED) is 0.688. The molecule has 1 aliphatic heterocycles. The second kappa shape index (κ2) is 8.16. The lowest BCUT2D eigenvalue weighted by molar-refractivity contribution is 0.355. The molecule has 1 aromatic carbocycles. The fraction of sp³-hybridized carbons (Fsp3) is 0.350. The summed E-state index contributed by atoms with van der Waals surface area (Å²) in [6.45, 7) is 2.14. The minimum absolute atomic E-state index is 0.303. The summed E-state index contributed by atoms with van der Waals surface area (Å²) >= 11 is 0. The second-order valence-corrected chi connectivity index (χ2v) is 6.57. The van der Waals surface area contributed by atoms with Gasteiger partial charge < -0.3 is 24.2 Å². The molecule has 1 saturated heterocycles. The molecule has 1 N–H and O–H groups in total. The van der Waals surface area contributed by atoms with Crippen molar-refractivity contribution in [2.75, 3.05) is 37.5 Å². The van der Waals surface area contributed by atoms with Crippen molar-refractivity contribution < 1.29 is 14.0 Å². The molecule has 0 bridgehead atoms. The van der Waals surface area contributed by atoms with Crippen LogP contribution in [-0.4, -0.2) is 42.4 Å². The van der Waals surface area contributed by atoms with Crippen LogP contribution < -0.4 is 19.7 Å². The molecule has 146 valence electrons. The first kappa shape index (κ1) is 18.1. The Hall–Kier alpha value is -3.29. The number of hydrogen-bond acceptors (Lipinski definition) is 8. The number of nitrogens with zero attached hydrogens (tertiary/aromatic N) is 4. The van der Waals surface area contributed by atoms with Crippen LogP contribution in [-0.2, 0) is 0 Å². The summed E-state index contributed by atoms with van der Waals surface area (Å²) in [5.74, 6) is 2.72. The Morgan fingerprint density at radius 1 is 1.00 bits per heavy atom. The molecule has 3 heterocycles. The Bertz CT molecular complexity index is 920. The van der Waals surface area contributed by atoms with Gasteiger partial charge in [-0.3, -0.25) is 0 Å². The third-order valence-corrected chi connectivity index (χ3v) is 4.75. The van der Waals surface area contributed by atoms with E-state index in [-0.39, 0.29) is 0 Å². The molecule has 0 amide bonds. The van der Waals surface area contributed by atoms with E-state index in [1.54, 1.807) is 26.5 Å². The summed E-state index contributed by atoms with van der Waals surface area (Å²) in [6.07, 6.45) is 5.53. The van der Waals surface area contributed by atoms with Crippen LogP contribution in [0.2, 0.25) is 0 Å². The van der Waals surface area contributed by atoms with Gasteiger partial charge in [0.1, 0.15) is 5.82 Å². The lowest BCUT2D eigenvalue weighted by atomic mass is 10.1. The van der Waals surface area contributed by atoms with Crippen molar-refractivity contribution in [3.05, 3.63) is 36.5 Å². The predicted molar refractivity (Wildman–Crippen MR) is 106 cm³/mol. The normalized spacial score (nSPS) is 14.0. The summed E-state index contributed by atoms with van der Waals surface area (Å²) in [7, 11) is 3.18. The molecule has 28 heavy (non-hydrogen) atoms. The Morgan fingerprint density at radius 2 is 1.82 bits per heavy atom. The van der Waals surface area contributed by atoms with Gasteiger partial charge in [0.15, 0.2) is 11.5 Å². The number of ether oxygens (including phenoxy) is 2. The molecule has 2 aromatic heterocycles. The van der Waals surface area contributed by atoms with Crippen LogP contribution in [0, 0.1) is 0 Å². The maximum atomic E-state index is 5.32. The number of nitrogens with one attached hydrogen (secondary N) is 1. The highest BCUT2D eigenvalue weighted by molar-refractivity contribution is 5.62. The Morgan fingerprint density at radius 3 is 2.54 bits per heavy atom. The monoisotopic (exact) mass is 381 g/mol. The lowest BCUT2D eigenvalue weighted by Gasteiger charge is -2.27. The SMILES string of the molecule is COc1ccc(-c2noc(Nc3ccc(N4CCCCC4)nc3)n2)cc1OC. The molecule has 0 atom stereocenters. The van der Waals surface area contributed by atoms with Crippen LogP contribution >= 0.6 is 0 Å². The van der Waals surface area contributed by atoms with Crippen molar-refractivity contribution >= 4 is 17.5 Å². The van der Waals surface area contributed by atoms with E-state index < -0.39 is 0 Å². The van der Waals surface area contributed by atoms with Gasteiger partial charge in [-0.1, -0.05) is 5.16 Å². The summed E-state index contributed by atoms with van der Waals surface area (Å²) in [5.41, 5.74) is 1.57. The molecule has 4 rings (SSSR count). The highest BCUT2D eigenvalue weighted by atomic mass is 16.5. The second-order valence-electron chi connectivity index (χ2n) is 6.57. The van der Waals surface area contributed by atoms with Crippen molar-refractivity contribution in [1.82, 2.24) is 15.1 Å². The topological polar surface area (TPSA) is 85.5 Å². The van der Waals surface area contributed by atoms with E-state index in [4.69, 9.17) is 14.0 Å². The molecule has 0 spiro atoms. The molecule has 1 aliphatic rings. The predicted octanol–water partition coefficient (Wildman–Crippen LogP) is 3.88. The molecule has 0 aliphatic carbocycles. The van der Waals surface area contributed by atoms with Gasteiger partial charge in [0, 0.05) is 18.7 Å². The largest absolute Gasteiger partial charge is 0.493 e. The third kappa shape index (κ3) is 3.85. The number of methoxy groups -OCH3 is 2. The van der Waals surface area contributed by atoms with Gasteiger partial charge in [0.25, 0.3) is 0 Å². The average molecular weight is 381 g/mol. The first-order chi connectivity index (χ1) is 13.8. The molecule has 8 nitrogen and oxygen atoms in total. The van der Waals surface area contributed by atoms with Gasteiger partial charge in [-0.05, 0) is 49.6 Å². The smallest absolute Gasteiger partial charge is 0.326 e. The molecule has 0 saturated carbocycles. The zero-order chi connectivity index (χ0) is 19.3. The first-order valence-electron chi connectivity index (χ1n) is 9.31. The fourth-order valence-electron chi connectivity index (χ4n) is 3.26. The van der Waals surface area contributed by atoms with E-state index in [0.29, 0.717) is 23.3 Å². The van der Waals surface area contributed by atoms with Crippen molar-refractivity contribution in [3.8, 4) is 22.9 Å². The zero-order valence-electron chi connectivity index (χ0n) is 16.0. The maximum Gasteiger partial charge on any atom is 0.326 e. The van der Waals surface area contributed by atoms with Crippen molar-refractivity contribution in [3.63, 3.8) is 0 Å². The van der Waals surface area contributed by atoms with E-state index in [9.17, 15) is 0 Å². The Balaban J connectivity index is 1.46. The summed E-state index contributed by atoms with van der Waals surface area (Å²) in [5, 5.41) is 7.13. The van der Waals surface area contributed by atoms with E-state index in [1.165, 1.54) is 19.3 Å². The molecule has 8 heteroatoms. The third-order valence-electron chi connectivity index (χ3n) is 4.75. The van der Waals surface area contributed by atoms with Crippen LogP contribution in [0.4, 0.5) is 17.5 Å². The number of benzene rings is 1. The summed E-state index contributed by atoms with van der Waals surface area (Å²) < 4.78 is 15.9. The number of piperidine rings is 1. The zero-order valence-corrected chi connectivity index (χ0v) is 16.0. The molecule has 1 fully saturated rings. The van der Waals surface area contributed by atoms with Crippen LogP contribution in [0.3, 0.4) is 0 Å². The minimum Gasteiger partial charge on any atom is -0.493 e. The van der Waals surface area contributed by atoms with E-state index >= 15 is 0 Å². The highest BCUT2D eigenvalue weighted by Crippen LogP contribution is 2.31. The number of hydrogen-bond donors (Lipinski definition) is 1. The number of pyridine rings is 1. The molecule has 3 aromatic rings. The molecular weight excluding hydrogens is 358 g/mol. The molecule has 0 unspecified atom stereocenters. The Labute approximate surface area is 163 Å². The van der Waals surface area contributed by atoms with E-state index in [0.717, 1.165) is 30.2 Å². The van der Waals surface area contributed by atoms with Gasteiger partial charge in [-0.15, -0.1) is 0 Å². The maximum absolute atomic E-state index is 5.32. The summed E-state index contributed by atoms with van der Waals surface area (Å²) in [6, 6.07) is 9.75.